The lowest BCUT2D eigenvalue weighted by Gasteiger charge is -2.18. The van der Waals surface area contributed by atoms with E-state index < -0.39 is 0 Å². The van der Waals surface area contributed by atoms with E-state index in [0.717, 1.165) is 41.9 Å². The maximum atomic E-state index is 6.28. The SMILES string of the molecule is CCOc1cccc(CC2(N)CC2)c1OCc1ccccc1. The normalized spacial score (nSPS) is 15.4. The molecule has 22 heavy (non-hydrogen) atoms. The molecule has 0 heterocycles. The molecule has 3 heteroatoms. The van der Waals surface area contributed by atoms with Crippen molar-refractivity contribution in [2.75, 3.05) is 6.61 Å². The van der Waals surface area contributed by atoms with E-state index in [1.807, 2.05) is 37.3 Å². The van der Waals surface area contributed by atoms with Crippen molar-refractivity contribution in [3.8, 4) is 11.5 Å². The minimum atomic E-state index is -0.0459. The molecule has 0 bridgehead atoms. The first kappa shape index (κ1) is 14.9. The molecular formula is C19H23NO2. The van der Waals surface area contributed by atoms with Gasteiger partial charge in [-0.25, -0.2) is 0 Å². The monoisotopic (exact) mass is 297 g/mol. The van der Waals surface area contributed by atoms with E-state index in [9.17, 15) is 0 Å². The van der Waals surface area contributed by atoms with Crippen molar-refractivity contribution >= 4 is 0 Å². The highest BCUT2D eigenvalue weighted by molar-refractivity contribution is 5.48. The molecule has 2 N–H and O–H groups in total. The average Bonchev–Trinajstić information content (AvgIpc) is 3.25. The number of hydrogen-bond acceptors (Lipinski definition) is 3. The summed E-state index contributed by atoms with van der Waals surface area (Å²) in [4.78, 5) is 0. The third kappa shape index (κ3) is 3.60. The summed E-state index contributed by atoms with van der Waals surface area (Å²) >= 11 is 0. The molecule has 2 aromatic rings. The molecule has 2 aromatic carbocycles. The Labute approximate surface area is 132 Å². The van der Waals surface area contributed by atoms with Crippen molar-refractivity contribution in [2.24, 2.45) is 5.73 Å². The largest absolute Gasteiger partial charge is 0.490 e. The minimum Gasteiger partial charge on any atom is -0.490 e. The van der Waals surface area contributed by atoms with Gasteiger partial charge in [0.25, 0.3) is 0 Å². The zero-order valence-corrected chi connectivity index (χ0v) is 13.0. The molecule has 0 radical (unpaired) electrons. The summed E-state index contributed by atoms with van der Waals surface area (Å²) < 4.78 is 11.8. The quantitative estimate of drug-likeness (QED) is 0.847. The lowest BCUT2D eigenvalue weighted by Crippen LogP contribution is -2.24. The fraction of sp³-hybridized carbons (Fsp3) is 0.368. The smallest absolute Gasteiger partial charge is 0.164 e. The fourth-order valence-corrected chi connectivity index (χ4v) is 2.58. The molecule has 0 unspecified atom stereocenters. The highest BCUT2D eigenvalue weighted by atomic mass is 16.5. The topological polar surface area (TPSA) is 44.5 Å². The zero-order chi connectivity index (χ0) is 15.4. The molecule has 0 amide bonds. The summed E-state index contributed by atoms with van der Waals surface area (Å²) in [7, 11) is 0. The lowest BCUT2D eigenvalue weighted by atomic mass is 10.0. The number of rotatable bonds is 7. The molecule has 3 rings (SSSR count). The Balaban J connectivity index is 1.81. The van der Waals surface area contributed by atoms with Crippen LogP contribution in [0.15, 0.2) is 48.5 Å². The van der Waals surface area contributed by atoms with Gasteiger partial charge >= 0.3 is 0 Å². The van der Waals surface area contributed by atoms with Crippen LogP contribution >= 0.6 is 0 Å². The molecule has 0 atom stereocenters. The van der Waals surface area contributed by atoms with Crippen molar-refractivity contribution in [3.63, 3.8) is 0 Å². The Kier molecular flexibility index (Phi) is 4.34. The van der Waals surface area contributed by atoms with Crippen molar-refractivity contribution in [2.45, 2.75) is 38.3 Å². The Morgan fingerprint density at radius 3 is 2.45 bits per heavy atom. The Morgan fingerprint density at radius 2 is 1.77 bits per heavy atom. The molecule has 0 aliphatic heterocycles. The molecule has 1 saturated carbocycles. The van der Waals surface area contributed by atoms with Gasteiger partial charge in [-0.2, -0.15) is 0 Å². The van der Waals surface area contributed by atoms with Crippen LogP contribution in [0.3, 0.4) is 0 Å². The minimum absolute atomic E-state index is 0.0459. The standard InChI is InChI=1S/C19H23NO2/c1-2-21-17-10-6-9-16(13-19(20)11-12-19)18(17)22-14-15-7-4-3-5-8-15/h3-10H,2,11-14,20H2,1H3. The number of para-hydroxylation sites is 1. The van der Waals surface area contributed by atoms with Crippen molar-refractivity contribution in [3.05, 3.63) is 59.7 Å². The lowest BCUT2D eigenvalue weighted by molar-refractivity contribution is 0.266. The fourth-order valence-electron chi connectivity index (χ4n) is 2.58. The van der Waals surface area contributed by atoms with E-state index in [2.05, 4.69) is 18.2 Å². The molecule has 0 aromatic heterocycles. The maximum absolute atomic E-state index is 6.28. The van der Waals surface area contributed by atoms with Crippen LogP contribution in [-0.4, -0.2) is 12.1 Å². The average molecular weight is 297 g/mol. The van der Waals surface area contributed by atoms with Crippen LogP contribution in [0.4, 0.5) is 0 Å². The van der Waals surface area contributed by atoms with Crippen LogP contribution in [-0.2, 0) is 13.0 Å². The van der Waals surface area contributed by atoms with E-state index in [1.165, 1.54) is 0 Å². The van der Waals surface area contributed by atoms with Crippen LogP contribution < -0.4 is 15.2 Å². The van der Waals surface area contributed by atoms with Crippen LogP contribution in [0.1, 0.15) is 30.9 Å². The van der Waals surface area contributed by atoms with Gasteiger partial charge in [-0.05, 0) is 43.4 Å². The van der Waals surface area contributed by atoms with E-state index in [4.69, 9.17) is 15.2 Å². The Bertz CT molecular complexity index is 621. The summed E-state index contributed by atoms with van der Waals surface area (Å²) in [5.74, 6) is 1.64. The molecule has 1 fully saturated rings. The molecule has 0 saturated heterocycles. The molecule has 116 valence electrons. The summed E-state index contributed by atoms with van der Waals surface area (Å²) in [5, 5.41) is 0. The predicted molar refractivity (Wildman–Crippen MR) is 88.2 cm³/mol. The van der Waals surface area contributed by atoms with Gasteiger partial charge < -0.3 is 15.2 Å². The Morgan fingerprint density at radius 1 is 1.00 bits per heavy atom. The predicted octanol–water partition coefficient (Wildman–Crippen LogP) is 3.70. The van der Waals surface area contributed by atoms with E-state index in [1.54, 1.807) is 0 Å². The van der Waals surface area contributed by atoms with Crippen LogP contribution in [0.2, 0.25) is 0 Å². The molecule has 1 aliphatic carbocycles. The third-order valence-corrected chi connectivity index (χ3v) is 4.02. The van der Waals surface area contributed by atoms with E-state index in [-0.39, 0.29) is 5.54 Å². The first-order valence-electron chi connectivity index (χ1n) is 7.90. The van der Waals surface area contributed by atoms with Crippen LogP contribution in [0.25, 0.3) is 0 Å². The molecule has 1 aliphatic rings. The number of benzene rings is 2. The summed E-state index contributed by atoms with van der Waals surface area (Å²) in [5.41, 5.74) is 8.52. The van der Waals surface area contributed by atoms with Crippen LogP contribution in [0.5, 0.6) is 11.5 Å². The van der Waals surface area contributed by atoms with Gasteiger partial charge in [-0.3, -0.25) is 0 Å². The van der Waals surface area contributed by atoms with E-state index >= 15 is 0 Å². The van der Waals surface area contributed by atoms with Crippen LogP contribution in [0, 0.1) is 0 Å². The third-order valence-electron chi connectivity index (χ3n) is 4.02. The highest BCUT2D eigenvalue weighted by Crippen LogP contribution is 2.40. The second-order valence-electron chi connectivity index (χ2n) is 5.99. The second kappa shape index (κ2) is 6.41. The molecule has 0 spiro atoms. The maximum Gasteiger partial charge on any atom is 0.164 e. The van der Waals surface area contributed by atoms with Gasteiger partial charge in [0.15, 0.2) is 11.5 Å². The van der Waals surface area contributed by atoms with E-state index in [0.29, 0.717) is 13.2 Å². The number of ether oxygens (including phenoxy) is 2. The Hall–Kier alpha value is -2.00. The van der Waals surface area contributed by atoms with Gasteiger partial charge in [-0.15, -0.1) is 0 Å². The summed E-state index contributed by atoms with van der Waals surface area (Å²) in [6.45, 7) is 3.15. The number of nitrogens with two attached hydrogens (primary N) is 1. The van der Waals surface area contributed by atoms with Gasteiger partial charge in [0.1, 0.15) is 6.61 Å². The van der Waals surface area contributed by atoms with Crippen molar-refractivity contribution in [1.29, 1.82) is 0 Å². The molecule has 3 nitrogen and oxygen atoms in total. The number of hydrogen-bond donors (Lipinski definition) is 1. The first-order valence-corrected chi connectivity index (χ1v) is 7.90. The van der Waals surface area contributed by atoms with Crippen molar-refractivity contribution < 1.29 is 9.47 Å². The zero-order valence-electron chi connectivity index (χ0n) is 13.0. The van der Waals surface area contributed by atoms with Gasteiger partial charge in [0.2, 0.25) is 0 Å². The van der Waals surface area contributed by atoms with Gasteiger partial charge in [0, 0.05) is 5.54 Å². The highest BCUT2D eigenvalue weighted by Gasteiger charge is 2.39. The van der Waals surface area contributed by atoms with Gasteiger partial charge in [-0.1, -0.05) is 42.5 Å². The van der Waals surface area contributed by atoms with Gasteiger partial charge in [0.05, 0.1) is 6.61 Å². The summed E-state index contributed by atoms with van der Waals surface area (Å²) in [6, 6.07) is 16.2. The molecular weight excluding hydrogens is 274 g/mol. The van der Waals surface area contributed by atoms with Crippen molar-refractivity contribution in [1.82, 2.24) is 0 Å². The first-order chi connectivity index (χ1) is 10.7. The second-order valence-corrected chi connectivity index (χ2v) is 5.99. The summed E-state index contributed by atoms with van der Waals surface area (Å²) in [6.07, 6.45) is 3.02.